The summed E-state index contributed by atoms with van der Waals surface area (Å²) in [4.78, 5) is 0. The zero-order valence-corrected chi connectivity index (χ0v) is 9.25. The first-order valence-electron chi connectivity index (χ1n) is 3.93. The van der Waals surface area contributed by atoms with Crippen molar-refractivity contribution in [3.05, 3.63) is 0 Å². The van der Waals surface area contributed by atoms with Crippen molar-refractivity contribution in [2.75, 3.05) is 0 Å². The third-order valence-electron chi connectivity index (χ3n) is 0.767. The summed E-state index contributed by atoms with van der Waals surface area (Å²) < 4.78 is 4.54. The summed E-state index contributed by atoms with van der Waals surface area (Å²) in [6, 6.07) is 0. The van der Waals surface area contributed by atoms with Crippen LogP contribution in [-0.4, -0.2) is 11.0 Å². The van der Waals surface area contributed by atoms with E-state index >= 15 is 0 Å². The fourth-order valence-electron chi connectivity index (χ4n) is 0.343. The van der Waals surface area contributed by atoms with Gasteiger partial charge in [0, 0.05) is 11.0 Å². The van der Waals surface area contributed by atoms with Crippen molar-refractivity contribution in [3.8, 4) is 0 Å². The number of hydrogen-bond acceptors (Lipinski definition) is 2. The maximum absolute atomic E-state index is 4.31. The Morgan fingerprint density at radius 1 is 1.00 bits per heavy atom. The van der Waals surface area contributed by atoms with Gasteiger partial charge < -0.3 is 0 Å². The maximum atomic E-state index is 4.31. The van der Waals surface area contributed by atoms with Crippen molar-refractivity contribution < 1.29 is 0 Å². The van der Waals surface area contributed by atoms with Crippen LogP contribution in [0.25, 0.3) is 0 Å². The van der Waals surface area contributed by atoms with Crippen LogP contribution in [0.3, 0.4) is 0 Å². The molecule has 0 spiro atoms. The van der Waals surface area contributed by atoms with E-state index in [1.165, 1.54) is 0 Å². The molecule has 0 aromatic heterocycles. The van der Waals surface area contributed by atoms with Gasteiger partial charge in [0.25, 0.3) is 0 Å². The van der Waals surface area contributed by atoms with Crippen LogP contribution in [0.1, 0.15) is 41.5 Å². The van der Waals surface area contributed by atoms with E-state index in [2.05, 4.69) is 45.9 Å². The molecule has 0 aliphatic carbocycles. The van der Waals surface area contributed by atoms with E-state index in [-0.39, 0.29) is 10.2 Å². The predicted molar refractivity (Wildman–Crippen MR) is 55.3 cm³/mol. The highest BCUT2D eigenvalue weighted by Gasteiger charge is 2.11. The average molecular weight is 173 g/mol. The van der Waals surface area contributed by atoms with E-state index in [9.17, 15) is 0 Å². The van der Waals surface area contributed by atoms with Gasteiger partial charge in [0.2, 0.25) is 0 Å². The molecular formula is C9H19NS. The van der Waals surface area contributed by atoms with Crippen molar-refractivity contribution in [2.45, 2.75) is 46.3 Å². The molecular weight excluding hydrogens is 154 g/mol. The number of hydrogen-bond donors (Lipinski definition) is 0. The summed E-state index contributed by atoms with van der Waals surface area (Å²) in [6.45, 7) is 13.0. The van der Waals surface area contributed by atoms with Crippen LogP contribution < -0.4 is 0 Å². The molecule has 11 heavy (non-hydrogen) atoms. The minimum atomic E-state index is 0.207. The Bertz CT molecular complexity index is 137. The topological polar surface area (TPSA) is 12.4 Å². The third kappa shape index (κ3) is 10.0. The molecule has 0 bridgehead atoms. The molecule has 1 nitrogen and oxygen atoms in total. The smallest absolute Gasteiger partial charge is 0.0294 e. The van der Waals surface area contributed by atoms with Crippen molar-refractivity contribution in [3.63, 3.8) is 0 Å². The summed E-state index contributed by atoms with van der Waals surface area (Å²) in [7, 11) is 0. The summed E-state index contributed by atoms with van der Waals surface area (Å²) in [5.41, 5.74) is 0.207. The van der Waals surface area contributed by atoms with Crippen LogP contribution in [0.4, 0.5) is 0 Å². The number of nitrogens with zero attached hydrogens (tertiary/aromatic N) is 1. The lowest BCUT2D eigenvalue weighted by Crippen LogP contribution is -2.08. The molecule has 0 aliphatic heterocycles. The van der Waals surface area contributed by atoms with Crippen molar-refractivity contribution in [1.82, 2.24) is 0 Å². The van der Waals surface area contributed by atoms with Gasteiger partial charge in [-0.2, -0.15) is 0 Å². The van der Waals surface area contributed by atoms with E-state index in [1.54, 1.807) is 11.9 Å². The molecule has 0 aliphatic rings. The van der Waals surface area contributed by atoms with Gasteiger partial charge in [-0.05, 0) is 38.1 Å². The predicted octanol–water partition coefficient (Wildman–Crippen LogP) is 3.55. The van der Waals surface area contributed by atoms with Crippen LogP contribution >= 0.6 is 11.9 Å². The molecule has 0 N–H and O–H groups in total. The van der Waals surface area contributed by atoms with Gasteiger partial charge in [-0.15, -0.1) is 0 Å². The average Bonchev–Trinajstić information content (AvgIpc) is 1.55. The van der Waals surface area contributed by atoms with Gasteiger partial charge in [-0.3, -0.25) is 0 Å². The second-order valence-corrected chi connectivity index (χ2v) is 6.42. The lowest BCUT2D eigenvalue weighted by molar-refractivity contribution is 0.608. The Morgan fingerprint density at radius 3 is 1.73 bits per heavy atom. The van der Waals surface area contributed by atoms with Crippen LogP contribution in [0, 0.1) is 5.41 Å². The molecule has 66 valence electrons. The van der Waals surface area contributed by atoms with E-state index in [0.29, 0.717) is 0 Å². The van der Waals surface area contributed by atoms with Gasteiger partial charge in [0.1, 0.15) is 0 Å². The summed E-state index contributed by atoms with van der Waals surface area (Å²) in [5.74, 6) is 0. The SMILES string of the molecule is CC(C)(C)C=NSC(C)(C)C. The minimum Gasteiger partial charge on any atom is -0.228 e. The quantitative estimate of drug-likeness (QED) is 0.436. The van der Waals surface area contributed by atoms with Crippen molar-refractivity contribution >= 4 is 18.2 Å². The molecule has 0 aromatic rings. The van der Waals surface area contributed by atoms with Gasteiger partial charge in [0.15, 0.2) is 0 Å². The zero-order chi connectivity index (χ0) is 9.12. The van der Waals surface area contributed by atoms with Crippen LogP contribution in [0.15, 0.2) is 4.40 Å². The summed E-state index contributed by atoms with van der Waals surface area (Å²) in [5, 5.41) is 0. The highest BCUT2D eigenvalue weighted by atomic mass is 32.2. The lowest BCUT2D eigenvalue weighted by Gasteiger charge is -2.15. The van der Waals surface area contributed by atoms with E-state index in [1.807, 2.05) is 6.21 Å². The van der Waals surface area contributed by atoms with E-state index < -0.39 is 0 Å². The Morgan fingerprint density at radius 2 is 1.45 bits per heavy atom. The summed E-state index contributed by atoms with van der Waals surface area (Å²) >= 11 is 1.63. The van der Waals surface area contributed by atoms with E-state index in [0.717, 1.165) is 0 Å². The lowest BCUT2D eigenvalue weighted by atomic mass is 10.00. The maximum Gasteiger partial charge on any atom is 0.0294 e. The molecule has 0 unspecified atom stereocenters. The van der Waals surface area contributed by atoms with Crippen LogP contribution in [-0.2, 0) is 0 Å². The fraction of sp³-hybridized carbons (Fsp3) is 0.889. The first-order chi connectivity index (χ1) is 4.71. The molecule has 0 radical (unpaired) electrons. The molecule has 0 amide bonds. The Hall–Kier alpha value is 0.0200. The van der Waals surface area contributed by atoms with E-state index in [4.69, 9.17) is 0 Å². The Balaban J connectivity index is 3.80. The Kier molecular flexibility index (Phi) is 3.62. The highest BCUT2D eigenvalue weighted by molar-refractivity contribution is 7.99. The highest BCUT2D eigenvalue weighted by Crippen LogP contribution is 2.24. The second-order valence-electron chi connectivity index (χ2n) is 4.80. The largest absolute Gasteiger partial charge is 0.228 e. The molecule has 0 atom stereocenters. The normalized spacial score (nSPS) is 14.4. The summed E-state index contributed by atoms with van der Waals surface area (Å²) in [6.07, 6.45) is 2.00. The van der Waals surface area contributed by atoms with Crippen LogP contribution in [0.5, 0.6) is 0 Å². The van der Waals surface area contributed by atoms with Gasteiger partial charge in [-0.1, -0.05) is 20.8 Å². The zero-order valence-electron chi connectivity index (χ0n) is 8.43. The van der Waals surface area contributed by atoms with Gasteiger partial charge in [0.05, 0.1) is 0 Å². The van der Waals surface area contributed by atoms with Gasteiger partial charge >= 0.3 is 0 Å². The van der Waals surface area contributed by atoms with Crippen LogP contribution in [0.2, 0.25) is 0 Å². The molecule has 0 saturated heterocycles. The Labute approximate surface area is 74.8 Å². The monoisotopic (exact) mass is 173 g/mol. The van der Waals surface area contributed by atoms with Crippen molar-refractivity contribution in [1.29, 1.82) is 0 Å². The second kappa shape index (κ2) is 3.61. The molecule has 0 fully saturated rings. The van der Waals surface area contributed by atoms with Gasteiger partial charge in [-0.25, -0.2) is 4.40 Å². The standard InChI is InChI=1S/C9H19NS/c1-8(2,3)7-10-11-9(4,5)6/h7H,1-6H3. The number of rotatable bonds is 1. The first-order valence-corrected chi connectivity index (χ1v) is 4.71. The fourth-order valence-corrected chi connectivity index (χ4v) is 1.03. The third-order valence-corrected chi connectivity index (χ3v) is 1.53. The molecule has 0 heterocycles. The first kappa shape index (κ1) is 11.0. The molecule has 0 saturated carbocycles. The molecule has 0 rings (SSSR count). The van der Waals surface area contributed by atoms with Crippen molar-refractivity contribution in [2.24, 2.45) is 9.81 Å². The minimum absolute atomic E-state index is 0.207. The molecule has 0 aromatic carbocycles. The molecule has 2 heteroatoms.